The maximum Gasteiger partial charge on any atom is 0.322 e. The second-order valence-corrected chi connectivity index (χ2v) is 7.35. The largest absolute Gasteiger partial charge is 0.353 e. The summed E-state index contributed by atoms with van der Waals surface area (Å²) < 4.78 is 28.1. The third kappa shape index (κ3) is 2.59. The van der Waals surface area contributed by atoms with Crippen LogP contribution in [0.5, 0.6) is 0 Å². The molecule has 1 unspecified atom stereocenters. The summed E-state index contributed by atoms with van der Waals surface area (Å²) in [6, 6.07) is 0.548. The zero-order chi connectivity index (χ0) is 18.6. The summed E-state index contributed by atoms with van der Waals surface area (Å²) in [5.74, 6) is -1.92. The van der Waals surface area contributed by atoms with E-state index in [1.54, 1.807) is 4.90 Å². The summed E-state index contributed by atoms with van der Waals surface area (Å²) >= 11 is 8.78. The minimum Gasteiger partial charge on any atom is -0.353 e. The fourth-order valence-corrected chi connectivity index (χ4v) is 3.89. The molecule has 136 valence electrons. The van der Waals surface area contributed by atoms with Gasteiger partial charge in [0.1, 0.15) is 22.7 Å². The third-order valence-corrected chi connectivity index (χ3v) is 5.48. The number of nitrogens with zero attached hydrogens (tertiary/aromatic N) is 3. The molecule has 26 heavy (non-hydrogen) atoms. The number of rotatable bonds is 1. The molecule has 2 aliphatic rings. The van der Waals surface area contributed by atoms with E-state index >= 15 is 0 Å². The summed E-state index contributed by atoms with van der Waals surface area (Å²) in [6.07, 6.45) is 1.02. The molecule has 4 rings (SSSR count). The number of halogens is 4. The number of carbonyl (C=O) groups is 2. The zero-order valence-corrected chi connectivity index (χ0v) is 15.4. The number of amides is 3. The topological polar surface area (TPSA) is 87.2 Å². The van der Waals surface area contributed by atoms with Crippen molar-refractivity contribution in [2.75, 3.05) is 18.0 Å². The van der Waals surface area contributed by atoms with Crippen LogP contribution in [-0.4, -0.2) is 40.5 Å². The van der Waals surface area contributed by atoms with Crippen LogP contribution in [0.15, 0.2) is 10.5 Å². The van der Waals surface area contributed by atoms with Gasteiger partial charge in [-0.05, 0) is 46.4 Å². The Morgan fingerprint density at radius 3 is 2.77 bits per heavy atom. The van der Waals surface area contributed by atoms with Gasteiger partial charge in [0, 0.05) is 11.9 Å². The average Bonchev–Trinajstić information content (AvgIpc) is 2.86. The van der Waals surface area contributed by atoms with Crippen LogP contribution < -0.4 is 15.5 Å². The Hall–Kier alpha value is -2.07. The maximum absolute atomic E-state index is 14.4. The van der Waals surface area contributed by atoms with Gasteiger partial charge in [-0.2, -0.15) is 4.98 Å². The molecule has 2 fully saturated rings. The molecule has 1 aromatic heterocycles. The van der Waals surface area contributed by atoms with Crippen molar-refractivity contribution in [2.45, 2.75) is 18.4 Å². The van der Waals surface area contributed by atoms with E-state index in [2.05, 4.69) is 36.5 Å². The number of piperidine rings is 1. The van der Waals surface area contributed by atoms with Gasteiger partial charge in [-0.3, -0.25) is 10.1 Å². The molecular formula is C15H11BrClF2N5O2. The molecule has 2 aromatic rings. The molecule has 2 aliphatic heterocycles. The zero-order valence-electron chi connectivity index (χ0n) is 13.1. The molecule has 0 radical (unpaired) electrons. The first-order valence-corrected chi connectivity index (χ1v) is 8.87. The van der Waals surface area contributed by atoms with Gasteiger partial charge in [0.05, 0.1) is 11.0 Å². The van der Waals surface area contributed by atoms with Crippen molar-refractivity contribution in [3.8, 4) is 0 Å². The number of urea groups is 1. The average molecular weight is 447 g/mol. The predicted octanol–water partition coefficient (Wildman–Crippen LogP) is 2.50. The van der Waals surface area contributed by atoms with Gasteiger partial charge >= 0.3 is 6.03 Å². The summed E-state index contributed by atoms with van der Waals surface area (Å²) in [6.45, 7) is 0.582. The monoisotopic (exact) mass is 445 g/mol. The third-order valence-electron chi connectivity index (χ3n) is 4.59. The Morgan fingerprint density at radius 2 is 2.08 bits per heavy atom. The van der Waals surface area contributed by atoms with Crippen LogP contribution in [0.3, 0.4) is 0 Å². The van der Waals surface area contributed by atoms with Crippen LogP contribution in [0.4, 0.5) is 19.4 Å². The van der Waals surface area contributed by atoms with Gasteiger partial charge in [0.15, 0.2) is 5.82 Å². The van der Waals surface area contributed by atoms with Crippen molar-refractivity contribution >= 4 is 56.2 Å². The van der Waals surface area contributed by atoms with Crippen molar-refractivity contribution in [3.63, 3.8) is 0 Å². The van der Waals surface area contributed by atoms with Crippen molar-refractivity contribution < 1.29 is 18.4 Å². The van der Waals surface area contributed by atoms with Crippen molar-refractivity contribution in [2.24, 2.45) is 0 Å². The lowest BCUT2D eigenvalue weighted by Gasteiger charge is -2.39. The molecule has 2 N–H and O–H groups in total. The molecule has 0 saturated carbocycles. The number of benzene rings is 1. The van der Waals surface area contributed by atoms with Crippen molar-refractivity contribution in [1.82, 2.24) is 20.6 Å². The van der Waals surface area contributed by atoms with Crippen LogP contribution in [0, 0.1) is 11.6 Å². The molecule has 1 spiro atoms. The van der Waals surface area contributed by atoms with Crippen molar-refractivity contribution in [3.05, 3.63) is 27.5 Å². The lowest BCUT2D eigenvalue weighted by molar-refractivity contribution is -0.124. The number of carbonyl (C=O) groups excluding carboxylic acids is 2. The molecule has 3 heterocycles. The number of fused-ring (bicyclic) bond motifs is 1. The van der Waals surface area contributed by atoms with E-state index in [4.69, 9.17) is 11.6 Å². The highest BCUT2D eigenvalue weighted by Crippen LogP contribution is 2.35. The smallest absolute Gasteiger partial charge is 0.322 e. The molecule has 1 aromatic carbocycles. The Bertz CT molecular complexity index is 975. The number of imide groups is 1. The molecule has 11 heteroatoms. The van der Waals surface area contributed by atoms with E-state index in [1.165, 1.54) is 0 Å². The number of nitrogens with one attached hydrogen (secondary N) is 2. The first-order chi connectivity index (χ1) is 12.3. The van der Waals surface area contributed by atoms with E-state index < -0.39 is 29.1 Å². The van der Waals surface area contributed by atoms with Crippen molar-refractivity contribution in [1.29, 1.82) is 0 Å². The first kappa shape index (κ1) is 17.3. The van der Waals surface area contributed by atoms with E-state index in [0.29, 0.717) is 19.4 Å². The lowest BCUT2D eigenvalue weighted by atomic mass is 9.89. The lowest BCUT2D eigenvalue weighted by Crippen LogP contribution is -2.58. The quantitative estimate of drug-likeness (QED) is 0.399. The highest BCUT2D eigenvalue weighted by atomic mass is 79.9. The fraction of sp³-hybridized carbons (Fsp3) is 0.333. The summed E-state index contributed by atoms with van der Waals surface area (Å²) in [4.78, 5) is 33.4. The van der Waals surface area contributed by atoms with E-state index in [-0.39, 0.29) is 33.0 Å². The number of hydrogen-bond acceptors (Lipinski definition) is 5. The second-order valence-electron chi connectivity index (χ2n) is 6.21. The van der Waals surface area contributed by atoms with Gasteiger partial charge in [0.25, 0.3) is 5.91 Å². The molecular weight excluding hydrogens is 436 g/mol. The molecule has 0 bridgehead atoms. The molecule has 3 amide bonds. The fourth-order valence-electron chi connectivity index (χ4n) is 3.42. The summed E-state index contributed by atoms with van der Waals surface area (Å²) in [5, 5.41) is 4.79. The SMILES string of the molecule is O=C1NC(=O)C2(CCCN(c3nc(Cl)nc4c(F)c(Br)c(F)cc34)C2)N1. The maximum atomic E-state index is 14.4. The first-order valence-electron chi connectivity index (χ1n) is 7.70. The Balaban J connectivity index is 1.84. The van der Waals surface area contributed by atoms with Gasteiger partial charge in [-0.15, -0.1) is 0 Å². The van der Waals surface area contributed by atoms with Crippen LogP contribution in [-0.2, 0) is 4.79 Å². The van der Waals surface area contributed by atoms with Crippen LogP contribution in [0.1, 0.15) is 12.8 Å². The molecule has 0 aliphatic carbocycles. The Labute approximate surface area is 159 Å². The number of aromatic nitrogens is 2. The Kier molecular flexibility index (Phi) is 3.99. The highest BCUT2D eigenvalue weighted by molar-refractivity contribution is 9.10. The van der Waals surface area contributed by atoms with Gasteiger partial charge < -0.3 is 10.2 Å². The van der Waals surface area contributed by atoms with E-state index in [1.807, 2.05) is 0 Å². The van der Waals surface area contributed by atoms with Crippen LogP contribution >= 0.6 is 27.5 Å². The molecule has 7 nitrogen and oxygen atoms in total. The summed E-state index contributed by atoms with van der Waals surface area (Å²) in [5.41, 5.74) is -1.24. The van der Waals surface area contributed by atoms with Crippen LogP contribution in [0.2, 0.25) is 5.28 Å². The standard InChI is InChI=1S/C15H11BrClF2N5O2/c16-8-7(18)4-6-10(9(8)19)20-13(17)21-11(6)24-3-1-2-15(5-24)12(25)22-14(26)23-15/h4H,1-3,5H2,(H2,22,23,25,26). The molecule has 2 saturated heterocycles. The number of hydrogen-bond donors (Lipinski definition) is 2. The van der Waals surface area contributed by atoms with Crippen LogP contribution in [0.25, 0.3) is 10.9 Å². The van der Waals surface area contributed by atoms with E-state index in [9.17, 15) is 18.4 Å². The van der Waals surface area contributed by atoms with Gasteiger partial charge in [-0.25, -0.2) is 18.6 Å². The Morgan fingerprint density at radius 1 is 1.31 bits per heavy atom. The summed E-state index contributed by atoms with van der Waals surface area (Å²) in [7, 11) is 0. The normalized spacial score (nSPS) is 22.8. The number of anilines is 1. The second kappa shape index (κ2) is 5.98. The van der Waals surface area contributed by atoms with Gasteiger partial charge in [-0.1, -0.05) is 0 Å². The van der Waals surface area contributed by atoms with Gasteiger partial charge in [0.2, 0.25) is 5.28 Å². The predicted molar refractivity (Wildman–Crippen MR) is 93.0 cm³/mol. The van der Waals surface area contributed by atoms with E-state index in [0.717, 1.165) is 6.07 Å². The minimum absolute atomic E-state index is 0.103. The highest BCUT2D eigenvalue weighted by Gasteiger charge is 2.49. The minimum atomic E-state index is -1.11. The molecule has 1 atom stereocenters.